The van der Waals surface area contributed by atoms with Gasteiger partial charge in [-0.3, -0.25) is 4.79 Å². The molecule has 2 rings (SSSR count). The fraction of sp³-hybridized carbons (Fsp3) is 0.364. The Morgan fingerprint density at radius 2 is 2.06 bits per heavy atom. The van der Waals surface area contributed by atoms with Crippen molar-refractivity contribution >= 4 is 29.1 Å². The number of benzene rings is 1. The molecular formula is C11H12Cl2N2O. The van der Waals surface area contributed by atoms with E-state index >= 15 is 0 Å². The van der Waals surface area contributed by atoms with Crippen molar-refractivity contribution in [3.05, 3.63) is 33.8 Å². The van der Waals surface area contributed by atoms with E-state index in [4.69, 9.17) is 28.9 Å². The molecule has 1 amide bonds. The SMILES string of the molecule is NC(=O)C1CNC[C@@H]1c1ccc(Cl)c(Cl)c1. The molecule has 0 bridgehead atoms. The topological polar surface area (TPSA) is 55.1 Å². The Labute approximate surface area is 104 Å². The Morgan fingerprint density at radius 3 is 2.69 bits per heavy atom. The third-order valence-electron chi connectivity index (χ3n) is 2.95. The van der Waals surface area contributed by atoms with E-state index in [0.29, 0.717) is 16.6 Å². The van der Waals surface area contributed by atoms with Gasteiger partial charge in [0.15, 0.2) is 0 Å². The number of nitrogens with two attached hydrogens (primary N) is 1. The molecule has 0 spiro atoms. The highest BCUT2D eigenvalue weighted by atomic mass is 35.5. The van der Waals surface area contributed by atoms with Crippen LogP contribution in [0.1, 0.15) is 11.5 Å². The van der Waals surface area contributed by atoms with Crippen molar-refractivity contribution in [2.75, 3.05) is 13.1 Å². The van der Waals surface area contributed by atoms with E-state index in [1.807, 2.05) is 6.07 Å². The number of hydrogen-bond acceptors (Lipinski definition) is 2. The molecule has 86 valence electrons. The first-order chi connectivity index (χ1) is 7.59. The van der Waals surface area contributed by atoms with Crippen molar-refractivity contribution in [3.8, 4) is 0 Å². The molecule has 1 aliphatic rings. The van der Waals surface area contributed by atoms with E-state index in [0.717, 1.165) is 12.1 Å². The summed E-state index contributed by atoms with van der Waals surface area (Å²) >= 11 is 11.8. The van der Waals surface area contributed by atoms with Crippen LogP contribution in [0.25, 0.3) is 0 Å². The van der Waals surface area contributed by atoms with E-state index < -0.39 is 0 Å². The first-order valence-corrected chi connectivity index (χ1v) is 5.80. The molecule has 0 aromatic heterocycles. The average Bonchev–Trinajstić information content (AvgIpc) is 2.71. The highest BCUT2D eigenvalue weighted by molar-refractivity contribution is 6.42. The van der Waals surface area contributed by atoms with Gasteiger partial charge in [0.25, 0.3) is 0 Å². The third kappa shape index (κ3) is 2.17. The highest BCUT2D eigenvalue weighted by Crippen LogP contribution is 2.32. The van der Waals surface area contributed by atoms with Crippen LogP contribution in [-0.4, -0.2) is 19.0 Å². The summed E-state index contributed by atoms with van der Waals surface area (Å²) in [5.41, 5.74) is 6.36. The molecule has 1 heterocycles. The summed E-state index contributed by atoms with van der Waals surface area (Å²) in [4.78, 5) is 11.3. The lowest BCUT2D eigenvalue weighted by Crippen LogP contribution is -2.28. The Balaban J connectivity index is 2.29. The molecule has 0 radical (unpaired) electrons. The Bertz CT molecular complexity index is 422. The number of rotatable bonds is 2. The van der Waals surface area contributed by atoms with Crippen LogP contribution in [0.15, 0.2) is 18.2 Å². The molecule has 1 saturated heterocycles. The average molecular weight is 259 g/mol. The van der Waals surface area contributed by atoms with Crippen LogP contribution in [0, 0.1) is 5.92 Å². The van der Waals surface area contributed by atoms with Crippen LogP contribution in [0.4, 0.5) is 0 Å². The number of carbonyl (C=O) groups is 1. The lowest BCUT2D eigenvalue weighted by Gasteiger charge is -2.16. The smallest absolute Gasteiger partial charge is 0.222 e. The molecule has 3 N–H and O–H groups in total. The number of carbonyl (C=O) groups excluding carboxylic acids is 1. The molecule has 16 heavy (non-hydrogen) atoms. The summed E-state index contributed by atoms with van der Waals surface area (Å²) in [6.45, 7) is 1.37. The van der Waals surface area contributed by atoms with Gasteiger partial charge in [0.2, 0.25) is 5.91 Å². The Kier molecular flexibility index (Phi) is 3.38. The minimum absolute atomic E-state index is 0.0901. The second-order valence-electron chi connectivity index (χ2n) is 3.95. The maximum absolute atomic E-state index is 11.3. The van der Waals surface area contributed by atoms with Gasteiger partial charge >= 0.3 is 0 Å². The van der Waals surface area contributed by atoms with E-state index in [1.54, 1.807) is 12.1 Å². The maximum Gasteiger partial charge on any atom is 0.222 e. The zero-order valence-corrected chi connectivity index (χ0v) is 10.1. The van der Waals surface area contributed by atoms with Gasteiger partial charge in [0, 0.05) is 19.0 Å². The van der Waals surface area contributed by atoms with Crippen molar-refractivity contribution < 1.29 is 4.79 Å². The molecular weight excluding hydrogens is 247 g/mol. The molecule has 1 unspecified atom stereocenters. The van der Waals surface area contributed by atoms with Gasteiger partial charge in [-0.2, -0.15) is 0 Å². The number of hydrogen-bond donors (Lipinski definition) is 2. The van der Waals surface area contributed by atoms with Gasteiger partial charge in [-0.1, -0.05) is 29.3 Å². The zero-order chi connectivity index (χ0) is 11.7. The summed E-state index contributed by atoms with van der Waals surface area (Å²) in [5, 5.41) is 4.19. The van der Waals surface area contributed by atoms with Crippen molar-refractivity contribution in [1.82, 2.24) is 5.32 Å². The lowest BCUT2D eigenvalue weighted by molar-refractivity contribution is -0.121. The summed E-state index contributed by atoms with van der Waals surface area (Å²) in [6.07, 6.45) is 0. The number of nitrogens with one attached hydrogen (secondary N) is 1. The van der Waals surface area contributed by atoms with Crippen LogP contribution in [0.5, 0.6) is 0 Å². The minimum Gasteiger partial charge on any atom is -0.369 e. The minimum atomic E-state index is -0.277. The van der Waals surface area contributed by atoms with Gasteiger partial charge in [-0.25, -0.2) is 0 Å². The fourth-order valence-electron chi connectivity index (χ4n) is 2.07. The van der Waals surface area contributed by atoms with E-state index in [-0.39, 0.29) is 17.7 Å². The molecule has 1 fully saturated rings. The van der Waals surface area contributed by atoms with Gasteiger partial charge in [-0.15, -0.1) is 0 Å². The van der Waals surface area contributed by atoms with Crippen LogP contribution < -0.4 is 11.1 Å². The van der Waals surface area contributed by atoms with E-state index in [1.165, 1.54) is 0 Å². The van der Waals surface area contributed by atoms with Gasteiger partial charge in [-0.05, 0) is 17.7 Å². The standard InChI is InChI=1S/C11H12Cl2N2O/c12-9-2-1-6(3-10(9)13)7-4-15-5-8(7)11(14)16/h1-3,7-8,15H,4-5H2,(H2,14,16)/t7-,8?/m1/s1. The monoisotopic (exact) mass is 258 g/mol. The molecule has 0 saturated carbocycles. The first-order valence-electron chi connectivity index (χ1n) is 5.04. The molecule has 0 aliphatic carbocycles. The second-order valence-corrected chi connectivity index (χ2v) is 4.76. The summed E-state index contributed by atoms with van der Waals surface area (Å²) in [6, 6.07) is 5.44. The molecule has 5 heteroatoms. The van der Waals surface area contributed by atoms with Crippen LogP contribution in [0.3, 0.4) is 0 Å². The van der Waals surface area contributed by atoms with Crippen molar-refractivity contribution in [1.29, 1.82) is 0 Å². The zero-order valence-electron chi connectivity index (χ0n) is 8.54. The number of amides is 1. The van der Waals surface area contributed by atoms with E-state index in [9.17, 15) is 4.79 Å². The van der Waals surface area contributed by atoms with Gasteiger partial charge in [0.1, 0.15) is 0 Å². The Hall–Kier alpha value is -0.770. The number of halogens is 2. The quantitative estimate of drug-likeness (QED) is 0.850. The van der Waals surface area contributed by atoms with Crippen molar-refractivity contribution in [3.63, 3.8) is 0 Å². The predicted octanol–water partition coefficient (Wildman–Crippen LogP) is 1.78. The Morgan fingerprint density at radius 1 is 1.31 bits per heavy atom. The normalized spacial score (nSPS) is 24.6. The first kappa shape index (κ1) is 11.7. The summed E-state index contributed by atoms with van der Waals surface area (Å²) in [7, 11) is 0. The van der Waals surface area contributed by atoms with Crippen LogP contribution >= 0.6 is 23.2 Å². The largest absolute Gasteiger partial charge is 0.369 e. The van der Waals surface area contributed by atoms with Gasteiger partial charge < -0.3 is 11.1 Å². The van der Waals surface area contributed by atoms with Crippen LogP contribution in [-0.2, 0) is 4.79 Å². The molecule has 1 aromatic rings. The van der Waals surface area contributed by atoms with Crippen LogP contribution in [0.2, 0.25) is 10.0 Å². The fourth-order valence-corrected chi connectivity index (χ4v) is 2.38. The van der Waals surface area contributed by atoms with Crippen molar-refractivity contribution in [2.45, 2.75) is 5.92 Å². The number of primary amides is 1. The van der Waals surface area contributed by atoms with Gasteiger partial charge in [0.05, 0.1) is 16.0 Å². The molecule has 1 aliphatic heterocycles. The molecule has 2 atom stereocenters. The highest BCUT2D eigenvalue weighted by Gasteiger charge is 2.32. The van der Waals surface area contributed by atoms with E-state index in [2.05, 4.69) is 5.32 Å². The predicted molar refractivity (Wildman–Crippen MR) is 64.8 cm³/mol. The summed E-state index contributed by atoms with van der Waals surface area (Å²) in [5.74, 6) is -0.356. The molecule has 1 aromatic carbocycles. The lowest BCUT2D eigenvalue weighted by atomic mass is 9.88. The maximum atomic E-state index is 11.3. The molecule has 3 nitrogen and oxygen atoms in total. The second kappa shape index (κ2) is 4.62. The summed E-state index contributed by atoms with van der Waals surface area (Å²) < 4.78 is 0. The van der Waals surface area contributed by atoms with Crippen molar-refractivity contribution in [2.24, 2.45) is 11.7 Å². The third-order valence-corrected chi connectivity index (χ3v) is 3.69.